The maximum absolute atomic E-state index is 13.2. The first kappa shape index (κ1) is 24.4. The normalized spacial score (nSPS) is 11.9. The third-order valence-corrected chi connectivity index (χ3v) is 5.88. The lowest BCUT2D eigenvalue weighted by Gasteiger charge is -2.15. The van der Waals surface area contributed by atoms with E-state index in [0.717, 1.165) is 10.1 Å². The highest BCUT2D eigenvalue weighted by Gasteiger charge is 2.21. The summed E-state index contributed by atoms with van der Waals surface area (Å²) < 4.78 is 6.63. The second kappa shape index (κ2) is 9.61. The van der Waals surface area contributed by atoms with Crippen LogP contribution in [0.5, 0.6) is 0 Å². The van der Waals surface area contributed by atoms with Gasteiger partial charge in [-0.05, 0) is 42.3 Å². The molecule has 13 nitrogen and oxygen atoms in total. The van der Waals surface area contributed by atoms with E-state index in [9.17, 15) is 14.4 Å². The molecule has 5 rings (SSSR count). The van der Waals surface area contributed by atoms with E-state index in [1.54, 1.807) is 32.0 Å². The summed E-state index contributed by atoms with van der Waals surface area (Å²) in [5.74, 6) is -1.63. The first-order valence-electron chi connectivity index (χ1n) is 11.5. The Morgan fingerprint density at radius 3 is 2.58 bits per heavy atom. The van der Waals surface area contributed by atoms with Crippen molar-refractivity contribution in [2.45, 2.75) is 26.4 Å². The molecule has 3 heterocycles. The highest BCUT2D eigenvalue weighted by atomic mass is 16.4. The molecule has 0 fully saturated rings. The zero-order chi connectivity index (χ0) is 27.0. The van der Waals surface area contributed by atoms with Gasteiger partial charge in [0.15, 0.2) is 17.3 Å². The van der Waals surface area contributed by atoms with Crippen molar-refractivity contribution in [2.75, 3.05) is 5.73 Å². The predicted molar refractivity (Wildman–Crippen MR) is 134 cm³/mol. The van der Waals surface area contributed by atoms with Crippen molar-refractivity contribution in [1.82, 2.24) is 35.4 Å². The van der Waals surface area contributed by atoms with Gasteiger partial charge in [0.2, 0.25) is 5.65 Å². The van der Waals surface area contributed by atoms with Crippen molar-refractivity contribution in [3.63, 3.8) is 0 Å². The second-order valence-corrected chi connectivity index (χ2v) is 8.58. The molecule has 3 aromatic heterocycles. The maximum Gasteiger partial charge on any atom is 0.335 e. The van der Waals surface area contributed by atoms with Gasteiger partial charge in [0.05, 0.1) is 11.6 Å². The number of nitrogen functional groups attached to an aromatic ring is 1. The number of aryl methyl sites for hydroxylation is 1. The number of benzene rings is 2. The van der Waals surface area contributed by atoms with E-state index in [-0.39, 0.29) is 35.0 Å². The van der Waals surface area contributed by atoms with Gasteiger partial charge in [-0.15, -0.1) is 5.10 Å². The van der Waals surface area contributed by atoms with Gasteiger partial charge >= 0.3 is 5.97 Å². The number of aromatic carboxylic acids is 1. The molecular weight excluding hydrogens is 492 g/mol. The minimum absolute atomic E-state index is 0.00199. The van der Waals surface area contributed by atoms with E-state index < -0.39 is 23.8 Å². The molecule has 0 aliphatic carbocycles. The minimum Gasteiger partial charge on any atom is -0.478 e. The summed E-state index contributed by atoms with van der Waals surface area (Å²) in [6, 6.07) is 12.3. The van der Waals surface area contributed by atoms with Crippen LogP contribution >= 0.6 is 0 Å². The van der Waals surface area contributed by atoms with Crippen LogP contribution in [-0.4, -0.2) is 47.7 Å². The number of oxazole rings is 1. The zero-order valence-electron chi connectivity index (χ0n) is 20.3. The Labute approximate surface area is 214 Å². The monoisotopic (exact) mass is 514 g/mol. The largest absolute Gasteiger partial charge is 0.478 e. The van der Waals surface area contributed by atoms with Crippen LogP contribution in [0.1, 0.15) is 61.3 Å². The van der Waals surface area contributed by atoms with Gasteiger partial charge in [-0.2, -0.15) is 4.52 Å². The molecule has 0 spiro atoms. The first-order valence-corrected chi connectivity index (χ1v) is 11.5. The van der Waals surface area contributed by atoms with E-state index >= 15 is 0 Å². The van der Waals surface area contributed by atoms with Gasteiger partial charge in [-0.25, -0.2) is 14.8 Å². The highest BCUT2D eigenvalue weighted by Crippen LogP contribution is 2.18. The number of carboxylic acids is 1. The summed E-state index contributed by atoms with van der Waals surface area (Å²) in [5, 5.41) is 22.3. The lowest BCUT2D eigenvalue weighted by Crippen LogP contribution is -2.30. The Kier molecular flexibility index (Phi) is 6.16. The molecule has 1 atom stereocenters. The number of hydrogen-bond acceptors (Lipinski definition) is 9. The number of aromatic nitrogens is 5. The molecule has 5 N–H and O–H groups in total. The number of nitrogens with one attached hydrogen (secondary N) is 2. The fourth-order valence-electron chi connectivity index (χ4n) is 3.91. The quantitative estimate of drug-likeness (QED) is 0.250. The third-order valence-electron chi connectivity index (χ3n) is 5.88. The summed E-state index contributed by atoms with van der Waals surface area (Å²) >= 11 is 0. The van der Waals surface area contributed by atoms with Crippen LogP contribution < -0.4 is 16.4 Å². The van der Waals surface area contributed by atoms with E-state index in [2.05, 4.69) is 30.9 Å². The predicted octanol–water partition coefficient (Wildman–Crippen LogP) is 2.28. The Bertz CT molecular complexity index is 1710. The average Bonchev–Trinajstić information content (AvgIpc) is 3.47. The molecule has 38 heavy (non-hydrogen) atoms. The number of nitrogens with zero attached hydrogens (tertiary/aromatic N) is 5. The number of anilines is 1. The van der Waals surface area contributed by atoms with Crippen LogP contribution in [0.25, 0.3) is 16.7 Å². The van der Waals surface area contributed by atoms with Crippen LogP contribution in [0.2, 0.25) is 0 Å². The lowest BCUT2D eigenvalue weighted by molar-refractivity contribution is 0.0696. The van der Waals surface area contributed by atoms with Crippen LogP contribution in [0.4, 0.5) is 5.82 Å². The van der Waals surface area contributed by atoms with Gasteiger partial charge in [-0.1, -0.05) is 23.4 Å². The van der Waals surface area contributed by atoms with Crippen LogP contribution in [-0.2, 0) is 6.54 Å². The molecule has 0 unspecified atom stereocenters. The molecule has 192 valence electrons. The zero-order valence-corrected chi connectivity index (χ0v) is 20.3. The number of fused-ring (bicyclic) bond motifs is 2. The lowest BCUT2D eigenvalue weighted by atomic mass is 10.1. The van der Waals surface area contributed by atoms with E-state index in [1.165, 1.54) is 18.2 Å². The fourth-order valence-corrected chi connectivity index (χ4v) is 3.91. The van der Waals surface area contributed by atoms with Crippen molar-refractivity contribution in [3.8, 4) is 0 Å². The van der Waals surface area contributed by atoms with E-state index in [1.807, 2.05) is 12.1 Å². The molecule has 0 saturated carbocycles. The number of amides is 2. The smallest absolute Gasteiger partial charge is 0.335 e. The van der Waals surface area contributed by atoms with Gasteiger partial charge in [0.1, 0.15) is 16.9 Å². The van der Waals surface area contributed by atoms with Crippen molar-refractivity contribution in [1.29, 1.82) is 0 Å². The van der Waals surface area contributed by atoms with Crippen molar-refractivity contribution < 1.29 is 23.9 Å². The van der Waals surface area contributed by atoms with Gasteiger partial charge < -0.3 is 25.9 Å². The number of carbonyl (C=O) groups excluding carboxylic acids is 2. The number of rotatable bonds is 7. The number of carboxylic acid groups (broad SMARTS) is 1. The molecule has 0 bridgehead atoms. The summed E-state index contributed by atoms with van der Waals surface area (Å²) in [6.07, 6.45) is 0. The third kappa shape index (κ3) is 4.72. The standard InChI is InChI=1S/C25H22N8O5/c1-12(15-4-6-16(7-5-15)25(36)37)28-24(35)19-10-18(30-22-21(26)31-32-33(19)22)23(34)27-11-14-3-8-20-17(9-14)29-13(2)38-20/h3-10,12H,11,26H2,1-2H3,(H,27,34)(H,28,35)(H,36,37)/t12-/m1/s1. The first-order chi connectivity index (χ1) is 18.2. The molecule has 13 heteroatoms. The number of hydrogen-bond donors (Lipinski definition) is 4. The topological polar surface area (TPSA) is 191 Å². The molecule has 5 aromatic rings. The Morgan fingerprint density at radius 2 is 1.84 bits per heavy atom. The molecule has 0 aliphatic rings. The Balaban J connectivity index is 1.36. The van der Waals surface area contributed by atoms with Crippen LogP contribution in [0.15, 0.2) is 52.9 Å². The molecule has 0 saturated heterocycles. The Hall–Kier alpha value is -5.33. The van der Waals surface area contributed by atoms with Crippen molar-refractivity contribution in [3.05, 3.63) is 82.5 Å². The van der Waals surface area contributed by atoms with Crippen LogP contribution in [0.3, 0.4) is 0 Å². The Morgan fingerprint density at radius 1 is 1.08 bits per heavy atom. The summed E-state index contributed by atoms with van der Waals surface area (Å²) in [4.78, 5) is 45.8. The van der Waals surface area contributed by atoms with E-state index in [4.69, 9.17) is 15.3 Å². The van der Waals surface area contributed by atoms with E-state index in [0.29, 0.717) is 22.6 Å². The summed E-state index contributed by atoms with van der Waals surface area (Å²) in [5.41, 5.74) is 8.83. The number of nitrogens with two attached hydrogens (primary N) is 1. The molecule has 2 aromatic carbocycles. The van der Waals surface area contributed by atoms with Crippen LogP contribution in [0, 0.1) is 6.92 Å². The van der Waals surface area contributed by atoms with Crippen molar-refractivity contribution in [2.24, 2.45) is 0 Å². The fraction of sp³-hybridized carbons (Fsp3) is 0.160. The molecular formula is C25H22N8O5. The average molecular weight is 515 g/mol. The van der Waals surface area contributed by atoms with Crippen molar-refractivity contribution >= 4 is 40.3 Å². The van der Waals surface area contributed by atoms with Gasteiger partial charge in [0, 0.05) is 19.5 Å². The summed E-state index contributed by atoms with van der Waals surface area (Å²) in [7, 11) is 0. The molecule has 0 radical (unpaired) electrons. The molecule has 2 amide bonds. The molecule has 0 aliphatic heterocycles. The van der Waals surface area contributed by atoms with Gasteiger partial charge in [0.25, 0.3) is 11.8 Å². The highest BCUT2D eigenvalue weighted by molar-refractivity contribution is 5.99. The SMILES string of the molecule is Cc1nc2cc(CNC(=O)c3cc(C(=O)N[C@H](C)c4ccc(C(=O)O)cc4)n4nnc(N)c4n3)ccc2o1. The number of carbonyl (C=O) groups is 3. The minimum atomic E-state index is -1.05. The second-order valence-electron chi connectivity index (χ2n) is 8.58. The summed E-state index contributed by atoms with van der Waals surface area (Å²) in [6.45, 7) is 3.68. The van der Waals surface area contributed by atoms with Gasteiger partial charge in [-0.3, -0.25) is 9.59 Å². The maximum atomic E-state index is 13.2.